The summed E-state index contributed by atoms with van der Waals surface area (Å²) in [6.45, 7) is 5.12. The van der Waals surface area contributed by atoms with E-state index in [9.17, 15) is 0 Å². The first-order valence-electron chi connectivity index (χ1n) is 7.14. The van der Waals surface area contributed by atoms with Gasteiger partial charge in [-0.1, -0.05) is 13.3 Å². The number of hydrogen-bond donors (Lipinski definition) is 1. The molecular weight excluding hydrogens is 226 g/mol. The normalized spacial score (nSPS) is 21.3. The zero-order chi connectivity index (χ0) is 12.8. The molecule has 2 heterocycles. The van der Waals surface area contributed by atoms with Gasteiger partial charge in [-0.2, -0.15) is 0 Å². The number of aromatic nitrogens is 1. The Morgan fingerprint density at radius 2 is 2.39 bits per heavy atom. The summed E-state index contributed by atoms with van der Waals surface area (Å²) in [4.78, 5) is 6.74. The molecule has 0 spiro atoms. The Morgan fingerprint density at radius 3 is 3.11 bits per heavy atom. The van der Waals surface area contributed by atoms with Gasteiger partial charge in [0.2, 0.25) is 5.89 Å². The molecule has 1 aromatic heterocycles. The van der Waals surface area contributed by atoms with Crippen molar-refractivity contribution in [2.75, 3.05) is 20.1 Å². The van der Waals surface area contributed by atoms with E-state index in [2.05, 4.69) is 29.2 Å². The lowest BCUT2D eigenvalue weighted by molar-refractivity contribution is 0.175. The van der Waals surface area contributed by atoms with E-state index in [0.717, 1.165) is 37.2 Å². The van der Waals surface area contributed by atoms with Crippen LogP contribution in [-0.2, 0) is 13.0 Å². The SMILES string of the molecule is CCc1cnc(CNCCC2CCCCN2C)o1. The molecule has 1 saturated heterocycles. The highest BCUT2D eigenvalue weighted by molar-refractivity contribution is 4.93. The van der Waals surface area contributed by atoms with E-state index in [0.29, 0.717) is 0 Å². The fourth-order valence-corrected chi connectivity index (χ4v) is 2.57. The minimum absolute atomic E-state index is 0.746. The molecule has 0 aliphatic carbocycles. The highest BCUT2D eigenvalue weighted by Crippen LogP contribution is 2.17. The minimum atomic E-state index is 0.746. The van der Waals surface area contributed by atoms with Crippen LogP contribution in [0.25, 0.3) is 0 Å². The van der Waals surface area contributed by atoms with E-state index >= 15 is 0 Å². The van der Waals surface area contributed by atoms with Crippen LogP contribution in [0.3, 0.4) is 0 Å². The molecule has 4 heteroatoms. The Labute approximate surface area is 110 Å². The molecule has 2 rings (SSSR count). The standard InChI is InChI=1S/C14H25N3O/c1-3-13-10-16-14(18-13)11-15-8-7-12-6-4-5-9-17(12)2/h10,12,15H,3-9,11H2,1-2H3. The Kier molecular flexibility index (Phi) is 5.20. The third-order valence-electron chi connectivity index (χ3n) is 3.80. The van der Waals surface area contributed by atoms with Gasteiger partial charge < -0.3 is 14.6 Å². The molecule has 1 N–H and O–H groups in total. The first-order chi connectivity index (χ1) is 8.79. The van der Waals surface area contributed by atoms with Crippen LogP contribution >= 0.6 is 0 Å². The van der Waals surface area contributed by atoms with Crippen molar-refractivity contribution in [3.8, 4) is 0 Å². The quantitative estimate of drug-likeness (QED) is 0.787. The van der Waals surface area contributed by atoms with Crippen LogP contribution in [-0.4, -0.2) is 36.1 Å². The maximum Gasteiger partial charge on any atom is 0.208 e. The highest BCUT2D eigenvalue weighted by Gasteiger charge is 2.17. The fraction of sp³-hybridized carbons (Fsp3) is 0.786. The summed E-state index contributed by atoms with van der Waals surface area (Å²) in [5, 5.41) is 3.42. The molecule has 1 aromatic rings. The Hall–Kier alpha value is -0.870. The minimum Gasteiger partial charge on any atom is -0.444 e. The molecule has 0 radical (unpaired) electrons. The molecule has 0 aromatic carbocycles. The Bertz CT molecular complexity index is 351. The monoisotopic (exact) mass is 251 g/mol. The van der Waals surface area contributed by atoms with Crippen molar-refractivity contribution in [3.63, 3.8) is 0 Å². The van der Waals surface area contributed by atoms with Crippen LogP contribution in [0.2, 0.25) is 0 Å². The molecule has 1 fully saturated rings. The molecule has 1 unspecified atom stereocenters. The zero-order valence-electron chi connectivity index (χ0n) is 11.6. The zero-order valence-corrected chi connectivity index (χ0v) is 11.6. The molecule has 18 heavy (non-hydrogen) atoms. The first-order valence-corrected chi connectivity index (χ1v) is 7.14. The second-order valence-corrected chi connectivity index (χ2v) is 5.17. The maximum absolute atomic E-state index is 5.56. The van der Waals surface area contributed by atoms with Crippen LogP contribution in [0.4, 0.5) is 0 Å². The summed E-state index contributed by atoms with van der Waals surface area (Å²) in [7, 11) is 2.24. The average Bonchev–Trinajstić information content (AvgIpc) is 2.84. The van der Waals surface area contributed by atoms with Gasteiger partial charge in [0.25, 0.3) is 0 Å². The van der Waals surface area contributed by atoms with Gasteiger partial charge in [0.05, 0.1) is 12.7 Å². The highest BCUT2D eigenvalue weighted by atomic mass is 16.4. The molecule has 1 aliphatic heterocycles. The number of rotatable bonds is 6. The fourth-order valence-electron chi connectivity index (χ4n) is 2.57. The van der Waals surface area contributed by atoms with E-state index in [1.165, 1.54) is 32.2 Å². The van der Waals surface area contributed by atoms with E-state index in [4.69, 9.17) is 4.42 Å². The number of aryl methyl sites for hydroxylation is 1. The second kappa shape index (κ2) is 6.90. The largest absolute Gasteiger partial charge is 0.444 e. The van der Waals surface area contributed by atoms with Crippen LogP contribution in [0, 0.1) is 0 Å². The third kappa shape index (κ3) is 3.82. The van der Waals surface area contributed by atoms with Gasteiger partial charge in [-0.3, -0.25) is 0 Å². The van der Waals surface area contributed by atoms with Gasteiger partial charge in [-0.25, -0.2) is 4.98 Å². The van der Waals surface area contributed by atoms with E-state index < -0.39 is 0 Å². The number of hydrogen-bond acceptors (Lipinski definition) is 4. The summed E-state index contributed by atoms with van der Waals surface area (Å²) in [5.74, 6) is 1.78. The van der Waals surface area contributed by atoms with Crippen LogP contribution in [0.1, 0.15) is 44.3 Å². The lowest BCUT2D eigenvalue weighted by Crippen LogP contribution is -2.38. The van der Waals surface area contributed by atoms with Crippen molar-refractivity contribution in [3.05, 3.63) is 17.8 Å². The molecule has 0 saturated carbocycles. The van der Waals surface area contributed by atoms with Crippen molar-refractivity contribution >= 4 is 0 Å². The van der Waals surface area contributed by atoms with Gasteiger partial charge in [0.15, 0.2) is 0 Å². The summed E-state index contributed by atoms with van der Waals surface area (Å²) >= 11 is 0. The first kappa shape index (κ1) is 13.6. The number of piperidine rings is 1. The predicted molar refractivity (Wildman–Crippen MR) is 72.5 cm³/mol. The van der Waals surface area contributed by atoms with E-state index in [-0.39, 0.29) is 0 Å². The van der Waals surface area contributed by atoms with Crippen molar-refractivity contribution in [1.82, 2.24) is 15.2 Å². The van der Waals surface area contributed by atoms with Crippen molar-refractivity contribution in [1.29, 1.82) is 0 Å². The predicted octanol–water partition coefficient (Wildman–Crippen LogP) is 2.20. The number of likely N-dealkylation sites (tertiary alicyclic amines) is 1. The topological polar surface area (TPSA) is 41.3 Å². The second-order valence-electron chi connectivity index (χ2n) is 5.17. The smallest absolute Gasteiger partial charge is 0.208 e. The van der Waals surface area contributed by atoms with E-state index in [1.54, 1.807) is 0 Å². The molecular formula is C14H25N3O. The molecule has 102 valence electrons. The molecule has 0 amide bonds. The van der Waals surface area contributed by atoms with Crippen LogP contribution < -0.4 is 5.32 Å². The van der Waals surface area contributed by atoms with Gasteiger partial charge in [-0.15, -0.1) is 0 Å². The van der Waals surface area contributed by atoms with Crippen molar-refractivity contribution in [2.24, 2.45) is 0 Å². The Balaban J connectivity index is 1.63. The van der Waals surface area contributed by atoms with Gasteiger partial charge in [0.1, 0.15) is 5.76 Å². The van der Waals surface area contributed by atoms with Gasteiger partial charge in [-0.05, 0) is 39.4 Å². The molecule has 1 aliphatic rings. The van der Waals surface area contributed by atoms with Gasteiger partial charge >= 0.3 is 0 Å². The van der Waals surface area contributed by atoms with Crippen LogP contribution in [0.5, 0.6) is 0 Å². The molecule has 4 nitrogen and oxygen atoms in total. The van der Waals surface area contributed by atoms with Gasteiger partial charge in [0, 0.05) is 12.5 Å². The lowest BCUT2D eigenvalue weighted by atomic mass is 10.0. The third-order valence-corrected chi connectivity index (χ3v) is 3.80. The molecule has 0 bridgehead atoms. The summed E-state index contributed by atoms with van der Waals surface area (Å²) in [6.07, 6.45) is 8.05. The van der Waals surface area contributed by atoms with Crippen molar-refractivity contribution in [2.45, 2.75) is 51.6 Å². The summed E-state index contributed by atoms with van der Waals surface area (Å²) in [6, 6.07) is 0.752. The number of oxazole rings is 1. The number of nitrogens with zero attached hydrogens (tertiary/aromatic N) is 2. The van der Waals surface area contributed by atoms with E-state index in [1.807, 2.05) is 6.20 Å². The summed E-state index contributed by atoms with van der Waals surface area (Å²) < 4.78 is 5.56. The average molecular weight is 251 g/mol. The molecule has 1 atom stereocenters. The number of nitrogens with one attached hydrogen (secondary N) is 1. The Morgan fingerprint density at radius 1 is 1.50 bits per heavy atom. The van der Waals surface area contributed by atoms with Crippen LogP contribution in [0.15, 0.2) is 10.6 Å². The summed E-state index contributed by atoms with van der Waals surface area (Å²) in [5.41, 5.74) is 0. The maximum atomic E-state index is 5.56. The van der Waals surface area contributed by atoms with Crippen molar-refractivity contribution < 1.29 is 4.42 Å². The lowest BCUT2D eigenvalue weighted by Gasteiger charge is -2.32.